The second kappa shape index (κ2) is 4.63. The van der Waals surface area contributed by atoms with E-state index < -0.39 is 0 Å². The molecule has 82 valence electrons. The second-order valence-electron chi connectivity index (χ2n) is 3.53. The van der Waals surface area contributed by atoms with E-state index in [1.54, 1.807) is 0 Å². The zero-order valence-corrected chi connectivity index (χ0v) is 10.8. The fourth-order valence-electron chi connectivity index (χ4n) is 1.60. The number of amides is 1. The van der Waals surface area contributed by atoms with Gasteiger partial charge < -0.3 is 9.64 Å². The van der Waals surface area contributed by atoms with Gasteiger partial charge in [-0.25, -0.2) is 0 Å². The normalized spacial score (nSPS) is 21.7. The SMILES string of the molecule is C[C@@H]1COCCN1C(=O)c1ccc(Br)s1. The van der Waals surface area contributed by atoms with Crippen molar-refractivity contribution in [3.63, 3.8) is 0 Å². The molecule has 0 aromatic carbocycles. The van der Waals surface area contributed by atoms with E-state index in [1.807, 2.05) is 24.0 Å². The molecule has 1 aliphatic heterocycles. The Hall–Kier alpha value is -0.390. The molecule has 1 saturated heterocycles. The summed E-state index contributed by atoms with van der Waals surface area (Å²) in [6.07, 6.45) is 0. The van der Waals surface area contributed by atoms with Crippen LogP contribution in [0.5, 0.6) is 0 Å². The summed E-state index contributed by atoms with van der Waals surface area (Å²) in [5, 5.41) is 0. The van der Waals surface area contributed by atoms with Crippen LogP contribution < -0.4 is 0 Å². The van der Waals surface area contributed by atoms with Crippen molar-refractivity contribution in [2.45, 2.75) is 13.0 Å². The quantitative estimate of drug-likeness (QED) is 0.794. The van der Waals surface area contributed by atoms with E-state index in [-0.39, 0.29) is 11.9 Å². The topological polar surface area (TPSA) is 29.5 Å². The minimum atomic E-state index is 0.113. The fourth-order valence-corrected chi connectivity index (χ4v) is 2.94. The predicted molar refractivity (Wildman–Crippen MR) is 63.3 cm³/mol. The minimum Gasteiger partial charge on any atom is -0.377 e. The Balaban J connectivity index is 2.13. The van der Waals surface area contributed by atoms with Crippen LogP contribution in [0.2, 0.25) is 0 Å². The molecule has 1 aromatic rings. The third-order valence-corrected chi connectivity index (χ3v) is 4.02. The van der Waals surface area contributed by atoms with Crippen LogP contribution in [0, 0.1) is 0 Å². The molecule has 1 atom stereocenters. The summed E-state index contributed by atoms with van der Waals surface area (Å²) in [6, 6.07) is 3.94. The standard InChI is InChI=1S/C10H12BrNO2S/c1-7-6-14-5-4-12(7)10(13)8-2-3-9(11)15-8/h2-3,7H,4-6H2,1H3/t7-/m1/s1. The number of nitrogens with zero attached hydrogens (tertiary/aromatic N) is 1. The Morgan fingerprint density at radius 3 is 3.07 bits per heavy atom. The molecule has 0 saturated carbocycles. The van der Waals surface area contributed by atoms with Gasteiger partial charge in [-0.05, 0) is 35.0 Å². The van der Waals surface area contributed by atoms with E-state index in [2.05, 4.69) is 15.9 Å². The van der Waals surface area contributed by atoms with Gasteiger partial charge in [-0.2, -0.15) is 0 Å². The molecule has 0 N–H and O–H groups in total. The summed E-state index contributed by atoms with van der Waals surface area (Å²) in [5.41, 5.74) is 0. The fraction of sp³-hybridized carbons (Fsp3) is 0.500. The van der Waals surface area contributed by atoms with Crippen LogP contribution in [0.15, 0.2) is 15.9 Å². The zero-order valence-electron chi connectivity index (χ0n) is 8.40. The van der Waals surface area contributed by atoms with Crippen LogP contribution >= 0.6 is 27.3 Å². The number of hydrogen-bond acceptors (Lipinski definition) is 3. The van der Waals surface area contributed by atoms with E-state index in [1.165, 1.54) is 11.3 Å². The molecule has 3 nitrogen and oxygen atoms in total. The Morgan fingerprint density at radius 1 is 1.67 bits per heavy atom. The first-order valence-electron chi connectivity index (χ1n) is 4.82. The maximum Gasteiger partial charge on any atom is 0.264 e. The van der Waals surface area contributed by atoms with Crippen molar-refractivity contribution >= 4 is 33.2 Å². The molecule has 1 amide bonds. The number of morpholine rings is 1. The van der Waals surface area contributed by atoms with Gasteiger partial charge in [-0.1, -0.05) is 0 Å². The zero-order chi connectivity index (χ0) is 10.8. The summed E-state index contributed by atoms with van der Waals surface area (Å²) in [4.78, 5) is 14.7. The summed E-state index contributed by atoms with van der Waals surface area (Å²) >= 11 is 4.84. The van der Waals surface area contributed by atoms with Gasteiger partial charge in [0.15, 0.2) is 0 Å². The van der Waals surface area contributed by atoms with Crippen molar-refractivity contribution in [3.8, 4) is 0 Å². The molecule has 5 heteroatoms. The van der Waals surface area contributed by atoms with Crippen molar-refractivity contribution in [1.29, 1.82) is 0 Å². The Morgan fingerprint density at radius 2 is 2.47 bits per heavy atom. The van der Waals surface area contributed by atoms with E-state index in [0.29, 0.717) is 19.8 Å². The third-order valence-electron chi connectivity index (χ3n) is 2.41. The number of halogens is 1. The van der Waals surface area contributed by atoms with Crippen molar-refractivity contribution in [3.05, 3.63) is 20.8 Å². The first kappa shape index (κ1) is 11.1. The van der Waals surface area contributed by atoms with Crippen molar-refractivity contribution in [2.75, 3.05) is 19.8 Å². The average molecular weight is 290 g/mol. The summed E-state index contributed by atoms with van der Waals surface area (Å²) < 4.78 is 6.30. The molecular formula is C10H12BrNO2S. The first-order chi connectivity index (χ1) is 7.18. The van der Waals surface area contributed by atoms with Crippen LogP contribution in [0.3, 0.4) is 0 Å². The van der Waals surface area contributed by atoms with Crippen molar-refractivity contribution in [2.24, 2.45) is 0 Å². The molecule has 15 heavy (non-hydrogen) atoms. The molecule has 1 aromatic heterocycles. The van der Waals surface area contributed by atoms with Gasteiger partial charge in [0.05, 0.1) is 27.9 Å². The lowest BCUT2D eigenvalue weighted by atomic mass is 10.2. The van der Waals surface area contributed by atoms with Crippen molar-refractivity contribution in [1.82, 2.24) is 4.90 Å². The van der Waals surface area contributed by atoms with Crippen LogP contribution in [0.4, 0.5) is 0 Å². The van der Waals surface area contributed by atoms with E-state index in [0.717, 1.165) is 8.66 Å². The Bertz CT molecular complexity index is 366. The maximum absolute atomic E-state index is 12.1. The van der Waals surface area contributed by atoms with E-state index in [9.17, 15) is 4.79 Å². The van der Waals surface area contributed by atoms with Crippen molar-refractivity contribution < 1.29 is 9.53 Å². The molecule has 1 aliphatic rings. The number of carbonyl (C=O) groups excluding carboxylic acids is 1. The number of carbonyl (C=O) groups is 1. The molecule has 0 radical (unpaired) electrons. The monoisotopic (exact) mass is 289 g/mol. The highest BCUT2D eigenvalue weighted by molar-refractivity contribution is 9.11. The highest BCUT2D eigenvalue weighted by atomic mass is 79.9. The molecule has 2 heterocycles. The van der Waals surface area contributed by atoms with Crippen LogP contribution in [-0.4, -0.2) is 36.6 Å². The average Bonchev–Trinajstić information content (AvgIpc) is 2.65. The number of thiophene rings is 1. The smallest absolute Gasteiger partial charge is 0.264 e. The molecule has 0 unspecified atom stereocenters. The second-order valence-corrected chi connectivity index (χ2v) is 5.99. The summed E-state index contributed by atoms with van der Waals surface area (Å²) in [5.74, 6) is 0.113. The molecular weight excluding hydrogens is 278 g/mol. The predicted octanol–water partition coefficient (Wildman–Crippen LogP) is 2.37. The Labute approximate surface area is 101 Å². The number of ether oxygens (including phenoxy) is 1. The molecule has 0 bridgehead atoms. The van der Waals surface area contributed by atoms with Gasteiger partial charge in [0, 0.05) is 6.54 Å². The lowest BCUT2D eigenvalue weighted by Crippen LogP contribution is -2.46. The lowest BCUT2D eigenvalue weighted by Gasteiger charge is -2.32. The van der Waals surface area contributed by atoms with Crippen LogP contribution in [-0.2, 0) is 4.74 Å². The number of hydrogen-bond donors (Lipinski definition) is 0. The van der Waals surface area contributed by atoms with E-state index in [4.69, 9.17) is 4.74 Å². The summed E-state index contributed by atoms with van der Waals surface area (Å²) in [6.45, 7) is 3.98. The lowest BCUT2D eigenvalue weighted by molar-refractivity contribution is 0.00387. The molecule has 0 spiro atoms. The van der Waals surface area contributed by atoms with E-state index >= 15 is 0 Å². The van der Waals surface area contributed by atoms with Gasteiger partial charge in [-0.3, -0.25) is 4.79 Å². The molecule has 2 rings (SSSR count). The van der Waals surface area contributed by atoms with Crippen LogP contribution in [0.1, 0.15) is 16.6 Å². The van der Waals surface area contributed by atoms with Gasteiger partial charge in [0.1, 0.15) is 0 Å². The highest BCUT2D eigenvalue weighted by Gasteiger charge is 2.25. The van der Waals surface area contributed by atoms with Gasteiger partial charge in [0.2, 0.25) is 0 Å². The maximum atomic E-state index is 12.1. The largest absolute Gasteiger partial charge is 0.377 e. The van der Waals surface area contributed by atoms with Gasteiger partial charge in [0.25, 0.3) is 5.91 Å². The summed E-state index contributed by atoms with van der Waals surface area (Å²) in [7, 11) is 0. The minimum absolute atomic E-state index is 0.113. The number of rotatable bonds is 1. The third kappa shape index (κ3) is 2.41. The molecule has 0 aliphatic carbocycles. The molecule has 1 fully saturated rings. The van der Waals surface area contributed by atoms with Gasteiger partial charge in [-0.15, -0.1) is 11.3 Å². The first-order valence-corrected chi connectivity index (χ1v) is 6.43. The van der Waals surface area contributed by atoms with Gasteiger partial charge >= 0.3 is 0 Å². The highest BCUT2D eigenvalue weighted by Crippen LogP contribution is 2.24. The Kier molecular flexibility index (Phi) is 3.43. The van der Waals surface area contributed by atoms with Crippen LogP contribution in [0.25, 0.3) is 0 Å².